The molecule has 0 aromatic heterocycles. The van der Waals surface area contributed by atoms with Gasteiger partial charge in [-0.2, -0.15) is 0 Å². The first-order valence-electron chi connectivity index (χ1n) is 7.12. The zero-order valence-electron chi connectivity index (χ0n) is 11.8. The Labute approximate surface area is 120 Å². The van der Waals surface area contributed by atoms with Crippen molar-refractivity contribution in [3.63, 3.8) is 0 Å². The van der Waals surface area contributed by atoms with Gasteiger partial charge in [0, 0.05) is 17.1 Å². The first-order valence-corrected chi connectivity index (χ1v) is 7.12. The molecule has 1 aliphatic rings. The van der Waals surface area contributed by atoms with Crippen molar-refractivity contribution in [3.8, 4) is 0 Å². The lowest BCUT2D eigenvalue weighted by molar-refractivity contribution is 0.917. The van der Waals surface area contributed by atoms with E-state index in [-0.39, 0.29) is 0 Å². The molecular formula is C19H19N. The standard InChI is InChI=1S/C19H19N/c1-16-12-14-19(15-13-16)20(17-8-4-2-5-9-17)18-10-6-3-7-11-18/h2-6,8-10,12-15H,7,11H2,1H3. The maximum absolute atomic E-state index is 2.35. The van der Waals surface area contributed by atoms with Crippen molar-refractivity contribution in [1.29, 1.82) is 0 Å². The molecule has 2 aromatic carbocycles. The smallest absolute Gasteiger partial charge is 0.0458 e. The van der Waals surface area contributed by atoms with E-state index in [1.807, 2.05) is 0 Å². The fourth-order valence-electron chi connectivity index (χ4n) is 2.53. The lowest BCUT2D eigenvalue weighted by Crippen LogP contribution is -2.17. The molecule has 1 nitrogen and oxygen atoms in total. The molecule has 0 atom stereocenters. The molecule has 0 amide bonds. The minimum Gasteiger partial charge on any atom is -0.314 e. The highest BCUT2D eigenvalue weighted by Crippen LogP contribution is 2.32. The number of aryl methyl sites for hydroxylation is 1. The Morgan fingerprint density at radius 3 is 2.20 bits per heavy atom. The highest BCUT2D eigenvalue weighted by molar-refractivity contribution is 5.68. The van der Waals surface area contributed by atoms with E-state index in [0.29, 0.717) is 0 Å². The van der Waals surface area contributed by atoms with Crippen molar-refractivity contribution in [2.75, 3.05) is 4.90 Å². The van der Waals surface area contributed by atoms with Crippen LogP contribution in [0.1, 0.15) is 18.4 Å². The number of nitrogens with zero attached hydrogens (tertiary/aromatic N) is 1. The van der Waals surface area contributed by atoms with Gasteiger partial charge in [0.1, 0.15) is 0 Å². The Kier molecular flexibility index (Phi) is 3.69. The highest BCUT2D eigenvalue weighted by Gasteiger charge is 2.14. The van der Waals surface area contributed by atoms with Crippen LogP contribution in [0, 0.1) is 6.92 Å². The molecule has 0 unspecified atom stereocenters. The second-order valence-corrected chi connectivity index (χ2v) is 5.13. The van der Waals surface area contributed by atoms with Gasteiger partial charge in [-0.15, -0.1) is 0 Å². The molecule has 0 heterocycles. The van der Waals surface area contributed by atoms with Crippen molar-refractivity contribution in [2.24, 2.45) is 0 Å². The van der Waals surface area contributed by atoms with Crippen LogP contribution in [-0.2, 0) is 0 Å². The Bertz CT molecular complexity index is 621. The summed E-state index contributed by atoms with van der Waals surface area (Å²) in [6.45, 7) is 2.12. The van der Waals surface area contributed by atoms with Crippen molar-refractivity contribution >= 4 is 11.4 Å². The third-order valence-corrected chi connectivity index (χ3v) is 3.59. The number of hydrogen-bond acceptors (Lipinski definition) is 1. The minimum atomic E-state index is 1.08. The van der Waals surface area contributed by atoms with Crippen molar-refractivity contribution in [2.45, 2.75) is 19.8 Å². The van der Waals surface area contributed by atoms with Crippen molar-refractivity contribution < 1.29 is 0 Å². The molecule has 100 valence electrons. The lowest BCUT2D eigenvalue weighted by atomic mass is 10.1. The fraction of sp³-hybridized carbons (Fsp3) is 0.158. The summed E-state index contributed by atoms with van der Waals surface area (Å²) < 4.78 is 0. The van der Waals surface area contributed by atoms with E-state index in [1.54, 1.807) is 0 Å². The Morgan fingerprint density at radius 1 is 0.850 bits per heavy atom. The summed E-state index contributed by atoms with van der Waals surface area (Å²) >= 11 is 0. The molecule has 0 saturated carbocycles. The predicted molar refractivity (Wildman–Crippen MR) is 86.2 cm³/mol. The third kappa shape index (κ3) is 2.67. The molecule has 1 aliphatic carbocycles. The summed E-state index contributed by atoms with van der Waals surface area (Å²) in [5.41, 5.74) is 5.09. The quantitative estimate of drug-likeness (QED) is 0.718. The van der Waals surface area contributed by atoms with Gasteiger partial charge in [-0.1, -0.05) is 48.0 Å². The average Bonchev–Trinajstić information content (AvgIpc) is 2.52. The number of anilines is 2. The summed E-state index contributed by atoms with van der Waals surface area (Å²) in [7, 11) is 0. The molecule has 0 aliphatic heterocycles. The molecule has 0 N–H and O–H groups in total. The van der Waals surface area contributed by atoms with Crippen LogP contribution in [0.3, 0.4) is 0 Å². The van der Waals surface area contributed by atoms with Gasteiger partial charge < -0.3 is 4.90 Å². The number of rotatable bonds is 3. The first-order chi connectivity index (χ1) is 9.84. The van der Waals surface area contributed by atoms with Gasteiger partial charge in [-0.05, 0) is 50.1 Å². The van der Waals surface area contributed by atoms with Gasteiger partial charge >= 0.3 is 0 Å². The maximum Gasteiger partial charge on any atom is 0.0458 e. The number of para-hydroxylation sites is 1. The van der Waals surface area contributed by atoms with Crippen LogP contribution < -0.4 is 4.90 Å². The van der Waals surface area contributed by atoms with Crippen molar-refractivity contribution in [1.82, 2.24) is 0 Å². The highest BCUT2D eigenvalue weighted by atomic mass is 15.1. The van der Waals surface area contributed by atoms with Crippen LogP contribution in [0.25, 0.3) is 0 Å². The van der Waals surface area contributed by atoms with E-state index in [2.05, 4.69) is 84.6 Å². The van der Waals surface area contributed by atoms with E-state index in [1.165, 1.54) is 22.6 Å². The number of allylic oxidation sites excluding steroid dienone is 4. The van der Waals surface area contributed by atoms with E-state index in [0.717, 1.165) is 12.8 Å². The maximum atomic E-state index is 2.35. The largest absolute Gasteiger partial charge is 0.314 e. The first kappa shape index (κ1) is 12.7. The van der Waals surface area contributed by atoms with Crippen LogP contribution in [0.15, 0.2) is 78.5 Å². The molecule has 0 fully saturated rings. The summed E-state index contributed by atoms with van der Waals surface area (Å²) in [6, 6.07) is 19.3. The molecule has 0 spiro atoms. The minimum absolute atomic E-state index is 1.08. The third-order valence-electron chi connectivity index (χ3n) is 3.59. The van der Waals surface area contributed by atoms with E-state index in [9.17, 15) is 0 Å². The predicted octanol–water partition coefficient (Wildman–Crippen LogP) is 5.37. The van der Waals surface area contributed by atoms with E-state index in [4.69, 9.17) is 0 Å². The average molecular weight is 261 g/mol. The van der Waals surface area contributed by atoms with Crippen LogP contribution in [-0.4, -0.2) is 0 Å². The Morgan fingerprint density at radius 2 is 1.55 bits per heavy atom. The zero-order valence-corrected chi connectivity index (χ0v) is 11.8. The molecule has 2 aromatic rings. The monoisotopic (exact) mass is 261 g/mol. The fourth-order valence-corrected chi connectivity index (χ4v) is 2.53. The molecule has 0 bridgehead atoms. The van der Waals surface area contributed by atoms with Gasteiger partial charge in [-0.3, -0.25) is 0 Å². The van der Waals surface area contributed by atoms with Gasteiger partial charge in [0.05, 0.1) is 0 Å². The Balaban J connectivity index is 2.06. The van der Waals surface area contributed by atoms with Crippen LogP contribution >= 0.6 is 0 Å². The normalized spacial score (nSPS) is 13.9. The molecular weight excluding hydrogens is 242 g/mol. The summed E-state index contributed by atoms with van der Waals surface area (Å²) in [5.74, 6) is 0. The summed E-state index contributed by atoms with van der Waals surface area (Å²) in [4.78, 5) is 2.35. The zero-order chi connectivity index (χ0) is 13.8. The van der Waals surface area contributed by atoms with Crippen LogP contribution in [0.4, 0.5) is 11.4 Å². The summed E-state index contributed by atoms with van der Waals surface area (Å²) in [6.07, 6.45) is 8.79. The van der Waals surface area contributed by atoms with Crippen LogP contribution in [0.2, 0.25) is 0 Å². The van der Waals surface area contributed by atoms with Gasteiger partial charge in [0.2, 0.25) is 0 Å². The molecule has 1 heteroatoms. The molecule has 0 saturated heterocycles. The topological polar surface area (TPSA) is 3.24 Å². The Hall–Kier alpha value is -2.28. The van der Waals surface area contributed by atoms with E-state index >= 15 is 0 Å². The van der Waals surface area contributed by atoms with Gasteiger partial charge in [0.15, 0.2) is 0 Å². The van der Waals surface area contributed by atoms with Gasteiger partial charge in [0.25, 0.3) is 0 Å². The SMILES string of the molecule is Cc1ccc(N(C2=CC=CCC2)c2ccccc2)cc1. The second kappa shape index (κ2) is 5.79. The molecule has 3 rings (SSSR count). The van der Waals surface area contributed by atoms with Crippen molar-refractivity contribution in [3.05, 3.63) is 84.1 Å². The van der Waals surface area contributed by atoms with Gasteiger partial charge in [-0.25, -0.2) is 0 Å². The van der Waals surface area contributed by atoms with Crippen LogP contribution in [0.5, 0.6) is 0 Å². The second-order valence-electron chi connectivity index (χ2n) is 5.13. The molecule has 0 radical (unpaired) electrons. The number of hydrogen-bond donors (Lipinski definition) is 0. The summed E-state index contributed by atoms with van der Waals surface area (Å²) in [5, 5.41) is 0. The number of benzene rings is 2. The lowest BCUT2D eigenvalue weighted by Gasteiger charge is -2.28. The molecule has 20 heavy (non-hydrogen) atoms. The van der Waals surface area contributed by atoms with E-state index < -0.39 is 0 Å².